The van der Waals surface area contributed by atoms with Crippen LogP contribution in [0.2, 0.25) is 15.1 Å². The van der Waals surface area contributed by atoms with E-state index in [9.17, 15) is 9.59 Å². The SMILES string of the molecule is Cc1cc(Cl)ccc1NC(=O)CSc1n[nH]c([C@H](NC(=O)c2ccc(Cl)cc2Cl)C(C)C)n1. The molecule has 2 aromatic carbocycles. The molecule has 0 radical (unpaired) electrons. The number of aromatic nitrogens is 3. The van der Waals surface area contributed by atoms with Crippen molar-refractivity contribution in [2.24, 2.45) is 5.92 Å². The summed E-state index contributed by atoms with van der Waals surface area (Å²) in [5, 5.41) is 14.5. The standard InChI is InChI=1S/C22H22Cl3N5O2S/c1-11(2)19(27-21(32)15-6-4-14(24)9-16(15)25)20-28-22(30-29-20)33-10-18(31)26-17-7-5-13(23)8-12(17)3/h4-9,11,19H,10H2,1-3H3,(H,26,31)(H,27,32)(H,28,29,30)/t19-/m1/s1. The maximum absolute atomic E-state index is 12.7. The Morgan fingerprint density at radius 1 is 1.09 bits per heavy atom. The summed E-state index contributed by atoms with van der Waals surface area (Å²) >= 11 is 19.2. The van der Waals surface area contributed by atoms with Crippen molar-refractivity contribution < 1.29 is 9.59 Å². The van der Waals surface area contributed by atoms with E-state index < -0.39 is 6.04 Å². The highest BCUT2D eigenvalue weighted by molar-refractivity contribution is 7.99. The lowest BCUT2D eigenvalue weighted by Gasteiger charge is -2.20. The molecule has 2 amide bonds. The fraction of sp³-hybridized carbons (Fsp3) is 0.273. The molecule has 0 saturated heterocycles. The molecule has 0 aliphatic carbocycles. The Kier molecular flexibility index (Phi) is 8.64. The monoisotopic (exact) mass is 525 g/mol. The fourth-order valence-corrected chi connectivity index (χ4v) is 4.32. The molecule has 33 heavy (non-hydrogen) atoms. The molecule has 11 heteroatoms. The van der Waals surface area contributed by atoms with Gasteiger partial charge in [-0.1, -0.05) is 60.4 Å². The van der Waals surface area contributed by atoms with Crippen LogP contribution in [0.4, 0.5) is 5.69 Å². The van der Waals surface area contributed by atoms with E-state index in [2.05, 4.69) is 25.8 Å². The number of aryl methyl sites for hydroxylation is 1. The quantitative estimate of drug-likeness (QED) is 0.316. The van der Waals surface area contributed by atoms with Crippen LogP contribution in [-0.4, -0.2) is 32.7 Å². The van der Waals surface area contributed by atoms with Crippen LogP contribution in [0.5, 0.6) is 0 Å². The zero-order valence-electron chi connectivity index (χ0n) is 18.1. The van der Waals surface area contributed by atoms with Gasteiger partial charge in [-0.05, 0) is 54.8 Å². The van der Waals surface area contributed by atoms with Crippen LogP contribution >= 0.6 is 46.6 Å². The van der Waals surface area contributed by atoms with Gasteiger partial charge in [0.1, 0.15) is 5.82 Å². The molecule has 0 spiro atoms. The van der Waals surface area contributed by atoms with Gasteiger partial charge in [0.2, 0.25) is 11.1 Å². The maximum atomic E-state index is 12.7. The van der Waals surface area contributed by atoms with Gasteiger partial charge in [0.15, 0.2) is 0 Å². The molecule has 0 fully saturated rings. The number of rotatable bonds is 8. The molecule has 3 N–H and O–H groups in total. The van der Waals surface area contributed by atoms with Gasteiger partial charge in [-0.3, -0.25) is 14.7 Å². The third-order valence-corrected chi connectivity index (χ3v) is 6.33. The molecule has 0 saturated carbocycles. The Morgan fingerprint density at radius 2 is 1.79 bits per heavy atom. The molecule has 0 unspecified atom stereocenters. The van der Waals surface area contributed by atoms with Crippen molar-refractivity contribution in [3.8, 4) is 0 Å². The summed E-state index contributed by atoms with van der Waals surface area (Å²) in [7, 11) is 0. The molecule has 174 valence electrons. The predicted octanol–water partition coefficient (Wildman–Crippen LogP) is 5.93. The number of nitrogens with zero attached hydrogens (tertiary/aromatic N) is 2. The largest absolute Gasteiger partial charge is 0.342 e. The van der Waals surface area contributed by atoms with E-state index in [1.165, 1.54) is 17.8 Å². The second kappa shape index (κ2) is 11.2. The van der Waals surface area contributed by atoms with Gasteiger partial charge in [0.05, 0.1) is 22.4 Å². The second-order valence-electron chi connectivity index (χ2n) is 7.62. The van der Waals surface area contributed by atoms with Gasteiger partial charge in [0, 0.05) is 15.7 Å². The van der Waals surface area contributed by atoms with Gasteiger partial charge in [-0.15, -0.1) is 5.10 Å². The molecule has 0 aliphatic rings. The summed E-state index contributed by atoms with van der Waals surface area (Å²) in [6.07, 6.45) is 0. The zero-order valence-corrected chi connectivity index (χ0v) is 21.2. The summed E-state index contributed by atoms with van der Waals surface area (Å²) in [4.78, 5) is 29.5. The van der Waals surface area contributed by atoms with Crippen molar-refractivity contribution in [2.45, 2.75) is 32.0 Å². The first-order chi connectivity index (χ1) is 15.6. The number of halogens is 3. The first-order valence-electron chi connectivity index (χ1n) is 10.0. The number of hydrogen-bond donors (Lipinski definition) is 3. The molecule has 3 rings (SSSR count). The molecule has 7 nitrogen and oxygen atoms in total. The average molecular weight is 527 g/mol. The van der Waals surface area contributed by atoms with Crippen molar-refractivity contribution >= 4 is 64.1 Å². The van der Waals surface area contributed by atoms with Crippen LogP contribution in [0.25, 0.3) is 0 Å². The zero-order chi connectivity index (χ0) is 24.1. The number of thioether (sulfide) groups is 1. The van der Waals surface area contributed by atoms with E-state index in [4.69, 9.17) is 34.8 Å². The summed E-state index contributed by atoms with van der Waals surface area (Å²) in [5.41, 5.74) is 1.89. The average Bonchev–Trinajstić information content (AvgIpc) is 3.21. The van der Waals surface area contributed by atoms with E-state index in [1.807, 2.05) is 20.8 Å². The first-order valence-corrected chi connectivity index (χ1v) is 12.1. The fourth-order valence-electron chi connectivity index (χ4n) is 2.99. The summed E-state index contributed by atoms with van der Waals surface area (Å²) in [6, 6.07) is 9.51. The van der Waals surface area contributed by atoms with Crippen LogP contribution in [0, 0.1) is 12.8 Å². The molecule has 1 aromatic heterocycles. The lowest BCUT2D eigenvalue weighted by Crippen LogP contribution is -2.32. The first kappa shape index (κ1) is 25.4. The number of amides is 2. The van der Waals surface area contributed by atoms with Gasteiger partial charge in [0.25, 0.3) is 5.91 Å². The van der Waals surface area contributed by atoms with Crippen LogP contribution in [-0.2, 0) is 4.79 Å². The summed E-state index contributed by atoms with van der Waals surface area (Å²) in [6.45, 7) is 5.77. The lowest BCUT2D eigenvalue weighted by atomic mass is 10.0. The highest BCUT2D eigenvalue weighted by Gasteiger charge is 2.24. The number of carbonyl (C=O) groups is 2. The number of aromatic amines is 1. The second-order valence-corrected chi connectivity index (χ2v) is 9.84. The molecule has 0 aliphatic heterocycles. The highest BCUT2D eigenvalue weighted by atomic mass is 35.5. The predicted molar refractivity (Wildman–Crippen MR) is 133 cm³/mol. The van der Waals surface area contributed by atoms with Gasteiger partial charge >= 0.3 is 0 Å². The minimum atomic E-state index is -0.434. The summed E-state index contributed by atoms with van der Waals surface area (Å²) in [5.74, 6) is 0.0850. The highest BCUT2D eigenvalue weighted by Crippen LogP contribution is 2.25. The number of H-pyrrole nitrogens is 1. The van der Waals surface area contributed by atoms with Crippen molar-refractivity contribution in [2.75, 3.05) is 11.1 Å². The Bertz CT molecular complexity index is 1170. The molecule has 1 atom stereocenters. The number of anilines is 1. The maximum Gasteiger partial charge on any atom is 0.253 e. The third-order valence-electron chi connectivity index (χ3n) is 4.70. The Morgan fingerprint density at radius 3 is 2.45 bits per heavy atom. The van der Waals surface area contributed by atoms with Crippen molar-refractivity contribution in [1.29, 1.82) is 0 Å². The topological polar surface area (TPSA) is 99.8 Å². The molecule has 3 aromatic rings. The molecule has 1 heterocycles. The van der Waals surface area contributed by atoms with Crippen molar-refractivity contribution in [3.05, 3.63) is 68.4 Å². The van der Waals surface area contributed by atoms with E-state index in [1.54, 1.807) is 30.3 Å². The number of benzene rings is 2. The minimum Gasteiger partial charge on any atom is -0.342 e. The Hall–Kier alpha value is -2.26. The van der Waals surface area contributed by atoms with E-state index >= 15 is 0 Å². The number of carbonyl (C=O) groups excluding carboxylic acids is 2. The van der Waals surface area contributed by atoms with Crippen molar-refractivity contribution in [1.82, 2.24) is 20.5 Å². The number of nitrogens with one attached hydrogen (secondary N) is 3. The molecular weight excluding hydrogens is 505 g/mol. The smallest absolute Gasteiger partial charge is 0.253 e. The van der Waals surface area contributed by atoms with Crippen LogP contribution in [0.3, 0.4) is 0 Å². The third kappa shape index (κ3) is 6.86. The summed E-state index contributed by atoms with van der Waals surface area (Å²) < 4.78 is 0. The molecular formula is C22H22Cl3N5O2S. The minimum absolute atomic E-state index is 0.0157. The Labute approximate surface area is 211 Å². The number of hydrogen-bond acceptors (Lipinski definition) is 5. The van der Waals surface area contributed by atoms with Gasteiger partial charge in [-0.25, -0.2) is 4.98 Å². The Balaban J connectivity index is 1.62. The lowest BCUT2D eigenvalue weighted by molar-refractivity contribution is -0.113. The van der Waals surface area contributed by atoms with Crippen LogP contribution in [0.15, 0.2) is 41.6 Å². The van der Waals surface area contributed by atoms with E-state index in [0.29, 0.717) is 32.3 Å². The van der Waals surface area contributed by atoms with Gasteiger partial charge < -0.3 is 10.6 Å². The van der Waals surface area contributed by atoms with Crippen LogP contribution in [0.1, 0.15) is 41.6 Å². The van der Waals surface area contributed by atoms with E-state index in [-0.39, 0.29) is 28.5 Å². The van der Waals surface area contributed by atoms with Gasteiger partial charge in [-0.2, -0.15) is 0 Å². The van der Waals surface area contributed by atoms with Crippen molar-refractivity contribution in [3.63, 3.8) is 0 Å². The van der Waals surface area contributed by atoms with Crippen LogP contribution < -0.4 is 10.6 Å². The normalized spacial score (nSPS) is 12.0. The molecule has 0 bridgehead atoms. The van der Waals surface area contributed by atoms with E-state index in [0.717, 1.165) is 5.56 Å².